The van der Waals surface area contributed by atoms with Crippen LogP contribution in [0.3, 0.4) is 0 Å². The molecule has 1 aromatic carbocycles. The van der Waals surface area contributed by atoms with E-state index >= 15 is 0 Å². The third-order valence-electron chi connectivity index (χ3n) is 3.42. The van der Waals surface area contributed by atoms with Gasteiger partial charge in [0.2, 0.25) is 6.79 Å². The number of nitrogens with one attached hydrogen (secondary N) is 1. The topological polar surface area (TPSA) is 73.9 Å². The third kappa shape index (κ3) is 4.69. The van der Waals surface area contributed by atoms with E-state index in [1.165, 1.54) is 0 Å². The van der Waals surface area contributed by atoms with E-state index in [4.69, 9.17) is 14.2 Å². The quantitative estimate of drug-likeness (QED) is 0.584. The molecule has 1 aliphatic heterocycles. The average Bonchev–Trinajstić information content (AvgIpc) is 2.98. The van der Waals surface area contributed by atoms with Gasteiger partial charge in [-0.2, -0.15) is 0 Å². The van der Waals surface area contributed by atoms with Crippen LogP contribution in [0.2, 0.25) is 0 Å². The molecule has 0 bridgehead atoms. The first kappa shape index (κ1) is 17.3. The Morgan fingerprint density at radius 1 is 1.26 bits per heavy atom. The summed E-state index contributed by atoms with van der Waals surface area (Å²) >= 11 is 0. The predicted molar refractivity (Wildman–Crippen MR) is 84.8 cm³/mol. The minimum atomic E-state index is -0.614. The highest BCUT2D eigenvalue weighted by molar-refractivity contribution is 6.02. The van der Waals surface area contributed by atoms with Crippen molar-refractivity contribution in [2.24, 2.45) is 5.92 Å². The predicted octanol–water partition coefficient (Wildman–Crippen LogP) is 2.17. The second-order valence-corrected chi connectivity index (χ2v) is 5.80. The van der Waals surface area contributed by atoms with Gasteiger partial charge in [0.05, 0.1) is 19.1 Å². The van der Waals surface area contributed by atoms with Crippen LogP contribution in [0.25, 0.3) is 0 Å². The first-order valence-corrected chi connectivity index (χ1v) is 7.84. The van der Waals surface area contributed by atoms with Gasteiger partial charge in [0.1, 0.15) is 0 Å². The van der Waals surface area contributed by atoms with Gasteiger partial charge in [0.15, 0.2) is 17.3 Å². The molecule has 23 heavy (non-hydrogen) atoms. The van der Waals surface area contributed by atoms with E-state index in [9.17, 15) is 9.59 Å². The number of carbonyl (C=O) groups excluding carboxylic acids is 2. The lowest BCUT2D eigenvalue weighted by molar-refractivity contribution is -0.143. The summed E-state index contributed by atoms with van der Waals surface area (Å²) in [6.45, 7) is 6.92. The molecule has 126 valence electrons. The third-order valence-corrected chi connectivity index (χ3v) is 3.42. The molecule has 0 aromatic heterocycles. The van der Waals surface area contributed by atoms with Crippen LogP contribution in [0.5, 0.6) is 11.5 Å². The van der Waals surface area contributed by atoms with Crippen molar-refractivity contribution in [1.29, 1.82) is 0 Å². The van der Waals surface area contributed by atoms with Crippen LogP contribution in [0, 0.1) is 5.92 Å². The molecule has 6 heteroatoms. The second kappa shape index (κ2) is 7.97. The molecule has 0 saturated heterocycles. The van der Waals surface area contributed by atoms with Gasteiger partial charge in [-0.15, -0.1) is 0 Å². The van der Waals surface area contributed by atoms with Crippen molar-refractivity contribution in [1.82, 2.24) is 5.32 Å². The molecule has 0 fully saturated rings. The molecule has 1 aliphatic rings. The molecule has 0 aliphatic carbocycles. The van der Waals surface area contributed by atoms with Crippen LogP contribution in [-0.2, 0) is 9.53 Å². The minimum absolute atomic E-state index is 0.00777. The standard InChI is InChI=1S/C17H23NO5/c1-4-21-16(19)8-13(18-9-11(2)3)17(20)12-5-6-14-15(7-12)23-10-22-14/h5-7,11,13,18H,4,8-10H2,1-3H3. The largest absolute Gasteiger partial charge is 0.466 e. The Labute approximate surface area is 136 Å². The Balaban J connectivity index is 2.12. The number of hydrogen-bond acceptors (Lipinski definition) is 6. The van der Waals surface area contributed by atoms with E-state index in [1.807, 2.05) is 13.8 Å². The van der Waals surface area contributed by atoms with Gasteiger partial charge in [-0.05, 0) is 37.6 Å². The molecule has 1 unspecified atom stereocenters. The number of rotatable bonds is 8. The van der Waals surface area contributed by atoms with Gasteiger partial charge < -0.3 is 19.5 Å². The Hall–Kier alpha value is -2.08. The first-order chi connectivity index (χ1) is 11.0. The monoisotopic (exact) mass is 321 g/mol. The van der Waals surface area contributed by atoms with Gasteiger partial charge in [-0.3, -0.25) is 9.59 Å². The zero-order chi connectivity index (χ0) is 16.8. The lowest BCUT2D eigenvalue weighted by Gasteiger charge is -2.18. The highest BCUT2D eigenvalue weighted by Gasteiger charge is 2.25. The Morgan fingerprint density at radius 3 is 2.70 bits per heavy atom. The summed E-state index contributed by atoms with van der Waals surface area (Å²) in [5.74, 6) is 0.998. The fraction of sp³-hybridized carbons (Fsp3) is 0.529. The lowest BCUT2D eigenvalue weighted by Crippen LogP contribution is -2.40. The van der Waals surface area contributed by atoms with E-state index in [2.05, 4.69) is 5.32 Å². The van der Waals surface area contributed by atoms with Crippen molar-refractivity contribution in [2.75, 3.05) is 19.9 Å². The van der Waals surface area contributed by atoms with Crippen molar-refractivity contribution in [2.45, 2.75) is 33.2 Å². The Morgan fingerprint density at radius 2 is 2.00 bits per heavy atom. The van der Waals surface area contributed by atoms with Gasteiger partial charge in [-0.25, -0.2) is 0 Å². The van der Waals surface area contributed by atoms with Crippen LogP contribution in [0.1, 0.15) is 37.6 Å². The number of ketones is 1. The lowest BCUT2D eigenvalue weighted by atomic mass is 10.0. The number of esters is 1. The zero-order valence-electron chi connectivity index (χ0n) is 13.8. The van der Waals surface area contributed by atoms with E-state index in [1.54, 1.807) is 25.1 Å². The molecule has 0 saturated carbocycles. The van der Waals surface area contributed by atoms with Crippen molar-refractivity contribution in [3.8, 4) is 11.5 Å². The van der Waals surface area contributed by atoms with Crippen molar-refractivity contribution < 1.29 is 23.8 Å². The van der Waals surface area contributed by atoms with Crippen LogP contribution < -0.4 is 14.8 Å². The second-order valence-electron chi connectivity index (χ2n) is 5.80. The van der Waals surface area contributed by atoms with Crippen molar-refractivity contribution in [3.63, 3.8) is 0 Å². The van der Waals surface area contributed by atoms with E-state index in [0.717, 1.165) is 0 Å². The summed E-state index contributed by atoms with van der Waals surface area (Å²) in [7, 11) is 0. The minimum Gasteiger partial charge on any atom is -0.466 e. The van der Waals surface area contributed by atoms with Gasteiger partial charge in [0.25, 0.3) is 0 Å². The summed E-state index contributed by atoms with van der Waals surface area (Å²) in [5, 5.41) is 3.15. The van der Waals surface area contributed by atoms with Crippen molar-refractivity contribution >= 4 is 11.8 Å². The van der Waals surface area contributed by atoms with E-state index in [0.29, 0.717) is 36.1 Å². The Kier molecular flexibility index (Phi) is 5.98. The fourth-order valence-corrected chi connectivity index (χ4v) is 2.27. The average molecular weight is 321 g/mol. The molecule has 0 spiro atoms. The molecule has 1 atom stereocenters. The van der Waals surface area contributed by atoms with Gasteiger partial charge >= 0.3 is 5.97 Å². The number of hydrogen-bond donors (Lipinski definition) is 1. The highest BCUT2D eigenvalue weighted by Crippen LogP contribution is 2.32. The summed E-state index contributed by atoms with van der Waals surface area (Å²) in [4.78, 5) is 24.5. The van der Waals surface area contributed by atoms with Crippen LogP contribution in [0.15, 0.2) is 18.2 Å². The molecular formula is C17H23NO5. The highest BCUT2D eigenvalue weighted by atomic mass is 16.7. The number of Topliss-reactive ketones (excluding diaryl/α,β-unsaturated/α-hetero) is 1. The summed E-state index contributed by atoms with van der Waals surface area (Å²) < 4.78 is 15.5. The SMILES string of the molecule is CCOC(=O)CC(NCC(C)C)C(=O)c1ccc2c(c1)OCO2. The maximum absolute atomic E-state index is 12.7. The van der Waals surface area contributed by atoms with Crippen LogP contribution in [-0.4, -0.2) is 37.7 Å². The summed E-state index contributed by atoms with van der Waals surface area (Å²) in [6.07, 6.45) is 0.00777. The van der Waals surface area contributed by atoms with Crippen LogP contribution in [0.4, 0.5) is 0 Å². The normalized spacial score (nSPS) is 13.9. The number of fused-ring (bicyclic) bond motifs is 1. The maximum atomic E-state index is 12.7. The molecule has 6 nitrogen and oxygen atoms in total. The number of ether oxygens (including phenoxy) is 3. The van der Waals surface area contributed by atoms with Crippen molar-refractivity contribution in [3.05, 3.63) is 23.8 Å². The van der Waals surface area contributed by atoms with Gasteiger partial charge in [0, 0.05) is 5.56 Å². The number of benzene rings is 1. The molecule has 0 radical (unpaired) electrons. The molecule has 2 rings (SSSR count). The van der Waals surface area contributed by atoms with Gasteiger partial charge in [-0.1, -0.05) is 13.8 Å². The molecule has 1 N–H and O–H groups in total. The maximum Gasteiger partial charge on any atom is 0.307 e. The molecular weight excluding hydrogens is 298 g/mol. The molecule has 1 heterocycles. The summed E-state index contributed by atoms with van der Waals surface area (Å²) in [5.41, 5.74) is 0.486. The molecule has 0 amide bonds. The smallest absolute Gasteiger partial charge is 0.307 e. The first-order valence-electron chi connectivity index (χ1n) is 7.84. The number of carbonyl (C=O) groups is 2. The summed E-state index contributed by atoms with van der Waals surface area (Å²) in [6, 6.07) is 4.43. The molecule has 1 aromatic rings. The fourth-order valence-electron chi connectivity index (χ4n) is 2.27. The Bertz CT molecular complexity index is 570. The van der Waals surface area contributed by atoms with E-state index < -0.39 is 6.04 Å². The van der Waals surface area contributed by atoms with E-state index in [-0.39, 0.29) is 25.0 Å². The zero-order valence-corrected chi connectivity index (χ0v) is 13.8. The van der Waals surface area contributed by atoms with Crippen LogP contribution >= 0.6 is 0 Å².